The Morgan fingerprint density at radius 2 is 2.05 bits per heavy atom. The maximum atomic E-state index is 14.4. The molecule has 2 aliphatic rings. The summed E-state index contributed by atoms with van der Waals surface area (Å²) in [6, 6.07) is 3.23. The molecule has 2 N–H and O–H groups in total. The molecular formula is C16H21FN2O2. The molecule has 5 heteroatoms. The Morgan fingerprint density at radius 1 is 1.33 bits per heavy atom. The maximum absolute atomic E-state index is 14.4. The fourth-order valence-electron chi connectivity index (χ4n) is 3.58. The van der Waals surface area contributed by atoms with Gasteiger partial charge in [-0.1, -0.05) is 19.8 Å². The second kappa shape index (κ2) is 5.30. The molecule has 1 aliphatic carbocycles. The van der Waals surface area contributed by atoms with Crippen molar-refractivity contribution in [2.24, 2.45) is 5.92 Å². The van der Waals surface area contributed by atoms with Gasteiger partial charge in [0, 0.05) is 24.3 Å². The summed E-state index contributed by atoms with van der Waals surface area (Å²) in [5, 5.41) is 12.3. The summed E-state index contributed by atoms with van der Waals surface area (Å²) in [5.74, 6) is -0.351. The first-order chi connectivity index (χ1) is 9.99. The number of aliphatic hydroxyl groups is 1. The summed E-state index contributed by atoms with van der Waals surface area (Å²) in [5.41, 5.74) is 1.33. The molecule has 1 saturated carbocycles. The van der Waals surface area contributed by atoms with E-state index >= 15 is 0 Å². The molecule has 3 unspecified atom stereocenters. The number of carbonyl (C=O) groups is 1. The van der Waals surface area contributed by atoms with Crippen molar-refractivity contribution in [3.63, 3.8) is 0 Å². The highest BCUT2D eigenvalue weighted by atomic mass is 19.1. The zero-order valence-electron chi connectivity index (χ0n) is 12.4. The summed E-state index contributed by atoms with van der Waals surface area (Å²) < 4.78 is 14.4. The first-order valence-corrected chi connectivity index (χ1v) is 7.54. The molecule has 1 aromatic carbocycles. The molecule has 0 spiro atoms. The highest BCUT2D eigenvalue weighted by Crippen LogP contribution is 2.38. The Labute approximate surface area is 124 Å². The largest absolute Gasteiger partial charge is 0.378 e. The predicted octanol–water partition coefficient (Wildman–Crippen LogP) is 2.83. The average Bonchev–Trinajstić information content (AvgIpc) is 2.73. The highest BCUT2D eigenvalue weighted by Gasteiger charge is 2.32. The molecular weight excluding hydrogens is 271 g/mol. The number of nitrogens with one attached hydrogen (secondary N) is 1. The number of nitrogens with zero attached hydrogens (tertiary/aromatic N) is 1. The van der Waals surface area contributed by atoms with Crippen LogP contribution in [0.15, 0.2) is 12.1 Å². The summed E-state index contributed by atoms with van der Waals surface area (Å²) in [6.07, 6.45) is 3.37. The van der Waals surface area contributed by atoms with Crippen LogP contribution in [0.3, 0.4) is 0 Å². The molecule has 3 rings (SSSR count). The van der Waals surface area contributed by atoms with Gasteiger partial charge >= 0.3 is 0 Å². The van der Waals surface area contributed by atoms with Crippen LogP contribution in [0, 0.1) is 11.7 Å². The Morgan fingerprint density at radius 3 is 2.76 bits per heavy atom. The first-order valence-electron chi connectivity index (χ1n) is 7.54. The van der Waals surface area contributed by atoms with Crippen molar-refractivity contribution in [2.45, 2.75) is 44.8 Å². The van der Waals surface area contributed by atoms with Crippen LogP contribution < -0.4 is 10.2 Å². The van der Waals surface area contributed by atoms with E-state index in [1.165, 1.54) is 18.9 Å². The first kappa shape index (κ1) is 14.3. The Balaban J connectivity index is 1.92. The number of aliphatic hydroxyl groups excluding tert-OH is 1. The van der Waals surface area contributed by atoms with Crippen molar-refractivity contribution < 1.29 is 14.3 Å². The van der Waals surface area contributed by atoms with Crippen molar-refractivity contribution in [2.75, 3.05) is 17.3 Å². The van der Waals surface area contributed by atoms with Crippen LogP contribution in [0.5, 0.6) is 0 Å². The molecule has 1 fully saturated rings. The predicted molar refractivity (Wildman–Crippen MR) is 79.8 cm³/mol. The molecule has 0 saturated heterocycles. The van der Waals surface area contributed by atoms with Crippen molar-refractivity contribution >= 4 is 17.3 Å². The van der Waals surface area contributed by atoms with Gasteiger partial charge in [0.15, 0.2) is 6.10 Å². The molecule has 0 bridgehead atoms. The van der Waals surface area contributed by atoms with Gasteiger partial charge in [-0.2, -0.15) is 0 Å². The van der Waals surface area contributed by atoms with Gasteiger partial charge in [0.25, 0.3) is 5.91 Å². The standard InChI is InChI=1S/C16H21FN2O2/c1-9-5-3-4-6-13(9)19(2)14-8-12-10(7-11(14)17)15(20)16(21)18-12/h7-9,13,15,20H,3-6H2,1-2H3,(H,18,21). The highest BCUT2D eigenvalue weighted by molar-refractivity contribution is 6.02. The SMILES string of the molecule is CC1CCCCC1N(C)c1cc2c(cc1F)C(O)C(=O)N2. The van der Waals surface area contributed by atoms with E-state index in [0.717, 1.165) is 12.8 Å². The van der Waals surface area contributed by atoms with E-state index in [1.54, 1.807) is 6.07 Å². The van der Waals surface area contributed by atoms with Gasteiger partial charge in [-0.05, 0) is 30.9 Å². The van der Waals surface area contributed by atoms with Crippen molar-refractivity contribution in [3.8, 4) is 0 Å². The number of fused-ring (bicyclic) bond motifs is 1. The number of benzene rings is 1. The topological polar surface area (TPSA) is 52.6 Å². The van der Waals surface area contributed by atoms with E-state index in [-0.39, 0.29) is 5.82 Å². The molecule has 1 amide bonds. The van der Waals surface area contributed by atoms with Crippen molar-refractivity contribution in [3.05, 3.63) is 23.5 Å². The number of hydrogen-bond donors (Lipinski definition) is 2. The fraction of sp³-hybridized carbons (Fsp3) is 0.562. The number of amides is 1. The van der Waals surface area contributed by atoms with Crippen LogP contribution in [0.25, 0.3) is 0 Å². The van der Waals surface area contributed by atoms with Gasteiger partial charge in [0.2, 0.25) is 0 Å². The number of anilines is 2. The van der Waals surface area contributed by atoms with E-state index < -0.39 is 12.0 Å². The van der Waals surface area contributed by atoms with Crippen LogP contribution in [0.1, 0.15) is 44.3 Å². The second-order valence-corrected chi connectivity index (χ2v) is 6.22. The molecule has 4 nitrogen and oxygen atoms in total. The molecule has 0 radical (unpaired) electrons. The lowest BCUT2D eigenvalue weighted by molar-refractivity contribution is -0.123. The normalized spacial score (nSPS) is 28.2. The van der Waals surface area contributed by atoms with E-state index in [9.17, 15) is 14.3 Å². The number of rotatable bonds is 2. The van der Waals surface area contributed by atoms with E-state index in [0.29, 0.717) is 28.9 Å². The maximum Gasteiger partial charge on any atom is 0.257 e. The van der Waals surface area contributed by atoms with Crippen LogP contribution >= 0.6 is 0 Å². The number of hydrogen-bond acceptors (Lipinski definition) is 3. The third-order valence-corrected chi connectivity index (χ3v) is 4.86. The van der Waals surface area contributed by atoms with E-state index in [4.69, 9.17) is 0 Å². The number of carbonyl (C=O) groups excluding carboxylic acids is 1. The Kier molecular flexibility index (Phi) is 3.61. The third-order valence-electron chi connectivity index (χ3n) is 4.86. The quantitative estimate of drug-likeness (QED) is 0.881. The van der Waals surface area contributed by atoms with Crippen LogP contribution in [0.2, 0.25) is 0 Å². The lowest BCUT2D eigenvalue weighted by Gasteiger charge is -2.38. The van der Waals surface area contributed by atoms with Crippen molar-refractivity contribution in [1.29, 1.82) is 0 Å². The van der Waals surface area contributed by atoms with Gasteiger partial charge in [-0.25, -0.2) is 4.39 Å². The summed E-state index contributed by atoms with van der Waals surface area (Å²) in [7, 11) is 1.91. The average molecular weight is 292 g/mol. The van der Waals surface area contributed by atoms with Gasteiger partial charge in [-0.15, -0.1) is 0 Å². The lowest BCUT2D eigenvalue weighted by atomic mass is 9.85. The van der Waals surface area contributed by atoms with Gasteiger partial charge in [-0.3, -0.25) is 4.79 Å². The minimum atomic E-state index is -1.26. The molecule has 21 heavy (non-hydrogen) atoms. The zero-order chi connectivity index (χ0) is 15.1. The van der Waals surface area contributed by atoms with Gasteiger partial charge in [0.05, 0.1) is 5.69 Å². The van der Waals surface area contributed by atoms with Crippen molar-refractivity contribution in [1.82, 2.24) is 0 Å². The monoisotopic (exact) mass is 292 g/mol. The molecule has 1 heterocycles. The van der Waals surface area contributed by atoms with E-state index in [2.05, 4.69) is 12.2 Å². The van der Waals surface area contributed by atoms with Gasteiger partial charge in [0.1, 0.15) is 5.82 Å². The fourth-order valence-corrected chi connectivity index (χ4v) is 3.58. The summed E-state index contributed by atoms with van der Waals surface area (Å²) in [4.78, 5) is 13.5. The third kappa shape index (κ3) is 2.39. The summed E-state index contributed by atoms with van der Waals surface area (Å²) >= 11 is 0. The lowest BCUT2D eigenvalue weighted by Crippen LogP contribution is -2.39. The molecule has 1 aromatic rings. The summed E-state index contributed by atoms with van der Waals surface area (Å²) in [6.45, 7) is 2.21. The zero-order valence-corrected chi connectivity index (χ0v) is 12.4. The van der Waals surface area contributed by atoms with Crippen LogP contribution in [-0.4, -0.2) is 24.1 Å². The minimum Gasteiger partial charge on any atom is -0.378 e. The number of halogens is 1. The minimum absolute atomic E-state index is 0.313. The molecule has 0 aromatic heterocycles. The van der Waals surface area contributed by atoms with E-state index in [1.807, 2.05) is 11.9 Å². The van der Waals surface area contributed by atoms with Crippen LogP contribution in [0.4, 0.5) is 15.8 Å². The second-order valence-electron chi connectivity index (χ2n) is 6.22. The molecule has 3 atom stereocenters. The smallest absolute Gasteiger partial charge is 0.257 e. The van der Waals surface area contributed by atoms with Crippen LogP contribution in [-0.2, 0) is 4.79 Å². The molecule has 1 aliphatic heterocycles. The van der Waals surface area contributed by atoms with Gasteiger partial charge < -0.3 is 15.3 Å². The Bertz CT molecular complexity index is 576. The Hall–Kier alpha value is -1.62. The molecule has 114 valence electrons.